The molecule has 0 bridgehead atoms. The van der Waals surface area contributed by atoms with E-state index in [9.17, 15) is 9.90 Å². The van der Waals surface area contributed by atoms with Crippen LogP contribution in [0.1, 0.15) is 20.3 Å². The SMILES string of the molecule is CC1(C)CN(CC(=O)C2CCOC2)CC(CO)O1. The molecule has 0 aromatic heterocycles. The van der Waals surface area contributed by atoms with Gasteiger partial charge < -0.3 is 14.6 Å². The highest BCUT2D eigenvalue weighted by Gasteiger charge is 2.35. The molecule has 2 fully saturated rings. The van der Waals surface area contributed by atoms with Gasteiger partial charge in [0.25, 0.3) is 0 Å². The number of aliphatic hydroxyl groups is 1. The number of ether oxygens (including phenoxy) is 2. The van der Waals surface area contributed by atoms with Crippen molar-refractivity contribution in [1.82, 2.24) is 4.90 Å². The van der Waals surface area contributed by atoms with Crippen LogP contribution in [0.2, 0.25) is 0 Å². The van der Waals surface area contributed by atoms with Crippen LogP contribution in [0.5, 0.6) is 0 Å². The summed E-state index contributed by atoms with van der Waals surface area (Å²) in [5.41, 5.74) is -0.307. The molecule has 2 aliphatic heterocycles. The van der Waals surface area contributed by atoms with Gasteiger partial charge >= 0.3 is 0 Å². The number of aliphatic hydroxyl groups excluding tert-OH is 1. The fourth-order valence-corrected chi connectivity index (χ4v) is 2.77. The van der Waals surface area contributed by atoms with Gasteiger partial charge in [0.15, 0.2) is 5.78 Å². The Kier molecular flexibility index (Phi) is 4.37. The molecule has 2 saturated heterocycles. The Balaban J connectivity index is 1.89. The average molecular weight is 257 g/mol. The number of nitrogens with zero attached hydrogens (tertiary/aromatic N) is 1. The molecule has 0 saturated carbocycles. The Hall–Kier alpha value is -0.490. The van der Waals surface area contributed by atoms with Crippen LogP contribution in [-0.2, 0) is 14.3 Å². The summed E-state index contributed by atoms with van der Waals surface area (Å²) in [6, 6.07) is 0. The number of hydrogen-bond donors (Lipinski definition) is 1. The van der Waals surface area contributed by atoms with E-state index in [-0.39, 0.29) is 30.0 Å². The van der Waals surface area contributed by atoms with Crippen LogP contribution < -0.4 is 0 Å². The van der Waals surface area contributed by atoms with Crippen LogP contribution in [0, 0.1) is 5.92 Å². The molecule has 2 heterocycles. The first-order valence-electron chi connectivity index (χ1n) is 6.61. The van der Waals surface area contributed by atoms with Gasteiger partial charge in [0.1, 0.15) is 0 Å². The number of Topliss-reactive ketones (excluding diaryl/α,β-unsaturated/α-hetero) is 1. The van der Waals surface area contributed by atoms with Crippen LogP contribution >= 0.6 is 0 Å². The molecule has 0 spiro atoms. The van der Waals surface area contributed by atoms with E-state index in [0.717, 1.165) is 13.0 Å². The third-order valence-corrected chi connectivity index (χ3v) is 3.52. The Morgan fingerprint density at radius 3 is 2.89 bits per heavy atom. The van der Waals surface area contributed by atoms with E-state index in [1.54, 1.807) is 0 Å². The van der Waals surface area contributed by atoms with E-state index in [1.165, 1.54) is 0 Å². The molecule has 0 aromatic carbocycles. The minimum atomic E-state index is -0.307. The van der Waals surface area contributed by atoms with Crippen molar-refractivity contribution in [3.63, 3.8) is 0 Å². The molecule has 0 aliphatic carbocycles. The molecule has 2 aliphatic rings. The molecule has 2 atom stereocenters. The normalized spacial score (nSPS) is 32.6. The number of ketones is 1. The zero-order valence-corrected chi connectivity index (χ0v) is 11.2. The molecule has 0 aromatic rings. The van der Waals surface area contributed by atoms with Gasteiger partial charge in [-0.15, -0.1) is 0 Å². The van der Waals surface area contributed by atoms with Crippen molar-refractivity contribution >= 4 is 5.78 Å². The lowest BCUT2D eigenvalue weighted by atomic mass is 10.0. The zero-order chi connectivity index (χ0) is 13.2. The van der Waals surface area contributed by atoms with Gasteiger partial charge in [-0.25, -0.2) is 0 Å². The minimum absolute atomic E-state index is 0.000655. The van der Waals surface area contributed by atoms with Gasteiger partial charge in [-0.2, -0.15) is 0 Å². The molecular formula is C13H23NO4. The van der Waals surface area contributed by atoms with Crippen molar-refractivity contribution in [1.29, 1.82) is 0 Å². The number of carbonyl (C=O) groups excluding carboxylic acids is 1. The van der Waals surface area contributed by atoms with Gasteiger partial charge in [-0.3, -0.25) is 9.69 Å². The summed E-state index contributed by atoms with van der Waals surface area (Å²) >= 11 is 0. The first-order chi connectivity index (χ1) is 8.50. The molecule has 2 unspecified atom stereocenters. The fourth-order valence-electron chi connectivity index (χ4n) is 2.77. The molecule has 104 valence electrons. The van der Waals surface area contributed by atoms with Gasteiger partial charge in [0.05, 0.1) is 31.5 Å². The predicted molar refractivity (Wildman–Crippen MR) is 66.4 cm³/mol. The van der Waals surface area contributed by atoms with Gasteiger partial charge in [0, 0.05) is 25.6 Å². The second-order valence-electron chi connectivity index (χ2n) is 5.88. The maximum absolute atomic E-state index is 12.1. The maximum Gasteiger partial charge on any atom is 0.152 e. The Bertz CT molecular complexity index is 299. The highest BCUT2D eigenvalue weighted by molar-refractivity contribution is 5.83. The molecule has 1 N–H and O–H groups in total. The largest absolute Gasteiger partial charge is 0.394 e. The molecule has 5 nitrogen and oxygen atoms in total. The van der Waals surface area contributed by atoms with Crippen LogP contribution in [0.25, 0.3) is 0 Å². The van der Waals surface area contributed by atoms with Crippen molar-refractivity contribution in [3.05, 3.63) is 0 Å². The highest BCUT2D eigenvalue weighted by Crippen LogP contribution is 2.22. The molecule has 0 amide bonds. The van der Waals surface area contributed by atoms with Crippen molar-refractivity contribution in [2.75, 3.05) is 39.5 Å². The third-order valence-electron chi connectivity index (χ3n) is 3.52. The Morgan fingerprint density at radius 2 is 2.28 bits per heavy atom. The van der Waals surface area contributed by atoms with E-state index in [1.807, 2.05) is 13.8 Å². The first kappa shape index (κ1) is 13.9. The average Bonchev–Trinajstić information content (AvgIpc) is 2.80. The summed E-state index contributed by atoms with van der Waals surface area (Å²) in [7, 11) is 0. The topological polar surface area (TPSA) is 59.0 Å². The van der Waals surface area contributed by atoms with Crippen molar-refractivity contribution in [2.24, 2.45) is 5.92 Å². The van der Waals surface area contributed by atoms with Gasteiger partial charge in [0.2, 0.25) is 0 Å². The molecule has 0 radical (unpaired) electrons. The van der Waals surface area contributed by atoms with E-state index in [0.29, 0.717) is 26.3 Å². The molecule has 2 rings (SSSR count). The third kappa shape index (κ3) is 3.51. The summed E-state index contributed by atoms with van der Waals surface area (Å²) < 4.78 is 11.0. The summed E-state index contributed by atoms with van der Waals surface area (Å²) in [6.45, 7) is 7.04. The Morgan fingerprint density at radius 1 is 1.50 bits per heavy atom. The van der Waals surface area contributed by atoms with E-state index in [2.05, 4.69) is 4.90 Å². The fraction of sp³-hybridized carbons (Fsp3) is 0.923. The first-order valence-corrected chi connectivity index (χ1v) is 6.61. The standard InChI is InChI=1S/C13H23NO4/c1-13(2)9-14(5-11(7-15)18-13)6-12(16)10-3-4-17-8-10/h10-11,15H,3-9H2,1-2H3. The van der Waals surface area contributed by atoms with Crippen molar-refractivity contribution in [3.8, 4) is 0 Å². The van der Waals surface area contributed by atoms with E-state index >= 15 is 0 Å². The lowest BCUT2D eigenvalue weighted by Crippen LogP contribution is -2.55. The Labute approximate surface area is 108 Å². The summed E-state index contributed by atoms with van der Waals surface area (Å²) in [5, 5.41) is 9.23. The molecule has 5 heteroatoms. The summed E-state index contributed by atoms with van der Waals surface area (Å²) in [4.78, 5) is 14.2. The lowest BCUT2D eigenvalue weighted by molar-refractivity contribution is -0.153. The number of hydrogen-bond acceptors (Lipinski definition) is 5. The monoisotopic (exact) mass is 257 g/mol. The van der Waals surface area contributed by atoms with Crippen LogP contribution in [0.15, 0.2) is 0 Å². The predicted octanol–water partition coefficient (Wildman–Crippen LogP) is 0.0637. The van der Waals surface area contributed by atoms with Crippen LogP contribution in [-0.4, -0.2) is 66.9 Å². The smallest absolute Gasteiger partial charge is 0.152 e. The number of rotatable bonds is 4. The molecular weight excluding hydrogens is 234 g/mol. The van der Waals surface area contributed by atoms with Crippen molar-refractivity contribution < 1.29 is 19.4 Å². The molecule has 18 heavy (non-hydrogen) atoms. The number of carbonyl (C=O) groups is 1. The van der Waals surface area contributed by atoms with Crippen molar-refractivity contribution in [2.45, 2.75) is 32.0 Å². The highest BCUT2D eigenvalue weighted by atomic mass is 16.5. The van der Waals surface area contributed by atoms with Gasteiger partial charge in [-0.05, 0) is 20.3 Å². The van der Waals surface area contributed by atoms with Crippen LogP contribution in [0.3, 0.4) is 0 Å². The number of morpholine rings is 1. The maximum atomic E-state index is 12.1. The second kappa shape index (κ2) is 5.65. The van der Waals surface area contributed by atoms with E-state index in [4.69, 9.17) is 9.47 Å². The lowest BCUT2D eigenvalue weighted by Gasteiger charge is -2.42. The van der Waals surface area contributed by atoms with E-state index < -0.39 is 0 Å². The summed E-state index contributed by atoms with van der Waals surface area (Å²) in [6.07, 6.45) is 0.650. The summed E-state index contributed by atoms with van der Waals surface area (Å²) in [5.74, 6) is 0.311. The minimum Gasteiger partial charge on any atom is -0.394 e. The quantitative estimate of drug-likeness (QED) is 0.772. The van der Waals surface area contributed by atoms with Crippen LogP contribution in [0.4, 0.5) is 0 Å². The van der Waals surface area contributed by atoms with Gasteiger partial charge in [-0.1, -0.05) is 0 Å². The zero-order valence-electron chi connectivity index (χ0n) is 11.2. The second-order valence-corrected chi connectivity index (χ2v) is 5.88.